The molecule has 1 N–H and O–H groups in total. The van der Waals surface area contributed by atoms with Gasteiger partial charge in [0.1, 0.15) is 6.04 Å². The van der Waals surface area contributed by atoms with Crippen molar-refractivity contribution in [3.05, 3.63) is 88.9 Å². The van der Waals surface area contributed by atoms with Crippen LogP contribution in [0.15, 0.2) is 72.8 Å². The SMILES string of the molecule is CS(=O)(=O)N(CCCC(=O)N(Cc1ccc(Cl)cc1)[C@H](Cc1ccccc1)C(=O)NC1CCCCC1)c1ccc2c(c1)OCO2. The van der Waals surface area contributed by atoms with Gasteiger partial charge in [-0.2, -0.15) is 0 Å². The summed E-state index contributed by atoms with van der Waals surface area (Å²) in [6.45, 7) is 0.369. The highest BCUT2D eigenvalue weighted by atomic mass is 35.5. The Hall–Kier alpha value is -3.76. The summed E-state index contributed by atoms with van der Waals surface area (Å²) in [5.74, 6) is 0.616. The van der Waals surface area contributed by atoms with E-state index in [2.05, 4.69) is 5.32 Å². The van der Waals surface area contributed by atoms with Crippen LogP contribution in [0, 0.1) is 0 Å². The molecule has 45 heavy (non-hydrogen) atoms. The molecule has 0 bridgehead atoms. The predicted octanol–water partition coefficient (Wildman–Crippen LogP) is 5.70. The van der Waals surface area contributed by atoms with E-state index in [1.54, 1.807) is 35.2 Å². The molecule has 0 aromatic heterocycles. The highest BCUT2D eigenvalue weighted by Crippen LogP contribution is 2.36. The van der Waals surface area contributed by atoms with Gasteiger partial charge in [-0.25, -0.2) is 8.42 Å². The van der Waals surface area contributed by atoms with Gasteiger partial charge in [0, 0.05) is 43.1 Å². The number of rotatable bonds is 13. The van der Waals surface area contributed by atoms with Crippen LogP contribution in [0.3, 0.4) is 0 Å². The average molecular weight is 654 g/mol. The number of ether oxygens (including phenoxy) is 2. The van der Waals surface area contributed by atoms with Gasteiger partial charge in [0.05, 0.1) is 11.9 Å². The van der Waals surface area contributed by atoms with E-state index in [4.69, 9.17) is 21.1 Å². The van der Waals surface area contributed by atoms with Crippen molar-refractivity contribution in [1.82, 2.24) is 10.2 Å². The fourth-order valence-corrected chi connectivity index (χ4v) is 7.01. The highest BCUT2D eigenvalue weighted by molar-refractivity contribution is 7.92. The summed E-state index contributed by atoms with van der Waals surface area (Å²) in [6.07, 6.45) is 6.95. The Morgan fingerprint density at radius 3 is 2.36 bits per heavy atom. The van der Waals surface area contributed by atoms with Crippen molar-refractivity contribution in [3.8, 4) is 11.5 Å². The van der Waals surface area contributed by atoms with E-state index in [0.29, 0.717) is 28.6 Å². The zero-order chi connectivity index (χ0) is 31.8. The zero-order valence-electron chi connectivity index (χ0n) is 25.5. The summed E-state index contributed by atoms with van der Waals surface area (Å²) in [7, 11) is -3.66. The van der Waals surface area contributed by atoms with Gasteiger partial charge in [-0.3, -0.25) is 13.9 Å². The number of anilines is 1. The third-order valence-corrected chi connectivity index (χ3v) is 9.73. The number of hydrogen-bond acceptors (Lipinski definition) is 6. The Balaban J connectivity index is 1.37. The number of halogens is 1. The fourth-order valence-electron chi connectivity index (χ4n) is 5.93. The lowest BCUT2D eigenvalue weighted by Crippen LogP contribution is -2.52. The molecule has 9 nitrogen and oxygen atoms in total. The molecule has 1 saturated carbocycles. The molecule has 2 amide bonds. The Kier molecular flexibility index (Phi) is 10.9. The first kappa shape index (κ1) is 32.6. The number of nitrogens with zero attached hydrogens (tertiary/aromatic N) is 2. The minimum Gasteiger partial charge on any atom is -0.454 e. The van der Waals surface area contributed by atoms with Crippen LogP contribution < -0.4 is 19.1 Å². The number of fused-ring (bicyclic) bond motifs is 1. The standard InChI is InChI=1S/C34H40ClN3O6S/c1-45(41,42)38(29-18-19-31-32(22-29)44-24-43-31)20-8-13-33(39)37(23-26-14-16-27(35)17-15-26)30(21-25-9-4-2-5-10-25)34(40)36-28-11-6-3-7-12-28/h2,4-5,9-10,14-19,22,28,30H,3,6-8,11-13,20-21,23-24H2,1H3,(H,36,40)/t30-/m1/s1. The molecule has 0 unspecified atom stereocenters. The number of carbonyl (C=O) groups excluding carboxylic acids is 2. The summed E-state index contributed by atoms with van der Waals surface area (Å²) in [5, 5.41) is 3.82. The first-order valence-corrected chi connectivity index (χ1v) is 17.7. The van der Waals surface area contributed by atoms with Gasteiger partial charge in [-0.1, -0.05) is 73.3 Å². The smallest absolute Gasteiger partial charge is 0.243 e. The highest BCUT2D eigenvalue weighted by Gasteiger charge is 2.32. The maximum Gasteiger partial charge on any atom is 0.243 e. The lowest BCUT2D eigenvalue weighted by molar-refractivity contribution is -0.141. The van der Waals surface area contributed by atoms with Crippen LogP contribution >= 0.6 is 11.6 Å². The molecule has 3 aromatic rings. The van der Waals surface area contributed by atoms with E-state index < -0.39 is 16.1 Å². The van der Waals surface area contributed by atoms with Crippen molar-refractivity contribution in [2.45, 2.75) is 70.0 Å². The van der Waals surface area contributed by atoms with Crippen LogP contribution in [0.25, 0.3) is 0 Å². The molecule has 2 aliphatic rings. The zero-order valence-corrected chi connectivity index (χ0v) is 27.1. The lowest BCUT2D eigenvalue weighted by Gasteiger charge is -2.34. The Labute approximate surface area is 270 Å². The second kappa shape index (κ2) is 15.0. The van der Waals surface area contributed by atoms with Crippen molar-refractivity contribution in [1.29, 1.82) is 0 Å². The molecule has 11 heteroatoms. The Morgan fingerprint density at radius 2 is 1.64 bits per heavy atom. The third kappa shape index (κ3) is 8.92. The van der Waals surface area contributed by atoms with E-state index in [0.717, 1.165) is 49.5 Å². The minimum absolute atomic E-state index is 0.0478. The average Bonchev–Trinajstić information content (AvgIpc) is 3.50. The third-order valence-electron chi connectivity index (χ3n) is 8.29. The van der Waals surface area contributed by atoms with Crippen molar-refractivity contribution < 1.29 is 27.5 Å². The number of hydrogen-bond donors (Lipinski definition) is 1. The molecule has 0 spiro atoms. The Morgan fingerprint density at radius 1 is 0.933 bits per heavy atom. The van der Waals surface area contributed by atoms with E-state index in [9.17, 15) is 18.0 Å². The van der Waals surface area contributed by atoms with Crippen LogP contribution in [0.1, 0.15) is 56.1 Å². The largest absolute Gasteiger partial charge is 0.454 e. The van der Waals surface area contributed by atoms with Gasteiger partial charge in [-0.05, 0) is 54.7 Å². The molecule has 1 aliphatic heterocycles. The van der Waals surface area contributed by atoms with Gasteiger partial charge >= 0.3 is 0 Å². The molecular formula is C34H40ClN3O6S. The van der Waals surface area contributed by atoms with E-state index >= 15 is 0 Å². The molecule has 0 saturated heterocycles. The molecule has 1 fully saturated rings. The molecule has 1 atom stereocenters. The Bertz CT molecular complexity index is 1560. The fraction of sp³-hybridized carbons (Fsp3) is 0.412. The summed E-state index contributed by atoms with van der Waals surface area (Å²) in [5.41, 5.74) is 2.22. The molecule has 5 rings (SSSR count). The van der Waals surface area contributed by atoms with E-state index in [1.807, 2.05) is 42.5 Å². The molecule has 1 heterocycles. The van der Waals surface area contributed by atoms with Crippen molar-refractivity contribution in [3.63, 3.8) is 0 Å². The number of amides is 2. The monoisotopic (exact) mass is 653 g/mol. The summed E-state index contributed by atoms with van der Waals surface area (Å²) >= 11 is 6.14. The van der Waals surface area contributed by atoms with Crippen LogP contribution in [-0.2, 0) is 32.6 Å². The predicted molar refractivity (Wildman–Crippen MR) is 175 cm³/mol. The van der Waals surface area contributed by atoms with Gasteiger partial charge in [0.15, 0.2) is 11.5 Å². The van der Waals surface area contributed by atoms with Crippen LogP contribution in [0.5, 0.6) is 11.5 Å². The molecule has 3 aromatic carbocycles. The van der Waals surface area contributed by atoms with Crippen molar-refractivity contribution in [2.24, 2.45) is 0 Å². The molecule has 240 valence electrons. The molecular weight excluding hydrogens is 614 g/mol. The maximum atomic E-state index is 14.1. The normalized spacial score (nSPS) is 15.3. The van der Waals surface area contributed by atoms with Gasteiger partial charge in [-0.15, -0.1) is 0 Å². The maximum absolute atomic E-state index is 14.1. The van der Waals surface area contributed by atoms with Gasteiger partial charge in [0.2, 0.25) is 28.6 Å². The first-order chi connectivity index (χ1) is 21.7. The number of benzene rings is 3. The molecule has 0 radical (unpaired) electrons. The summed E-state index contributed by atoms with van der Waals surface area (Å²) in [4.78, 5) is 29.7. The van der Waals surface area contributed by atoms with Crippen molar-refractivity contribution >= 4 is 39.1 Å². The van der Waals surface area contributed by atoms with Crippen LogP contribution in [0.2, 0.25) is 5.02 Å². The second-order valence-corrected chi connectivity index (χ2v) is 14.0. The van der Waals surface area contributed by atoms with Crippen LogP contribution in [-0.4, -0.2) is 56.8 Å². The van der Waals surface area contributed by atoms with Gasteiger partial charge in [0.25, 0.3) is 0 Å². The van der Waals surface area contributed by atoms with Crippen molar-refractivity contribution in [2.75, 3.05) is 23.9 Å². The van der Waals surface area contributed by atoms with Gasteiger partial charge < -0.3 is 19.7 Å². The number of carbonyl (C=O) groups is 2. The topological polar surface area (TPSA) is 105 Å². The summed E-state index contributed by atoms with van der Waals surface area (Å²) in [6, 6.07) is 21.2. The first-order valence-electron chi connectivity index (χ1n) is 15.4. The van der Waals surface area contributed by atoms with E-state index in [-0.39, 0.29) is 50.6 Å². The number of sulfonamides is 1. The van der Waals surface area contributed by atoms with E-state index in [1.165, 1.54) is 4.31 Å². The second-order valence-electron chi connectivity index (χ2n) is 11.7. The summed E-state index contributed by atoms with van der Waals surface area (Å²) < 4.78 is 37.7. The minimum atomic E-state index is -3.66. The molecule has 1 aliphatic carbocycles. The quantitative estimate of drug-likeness (QED) is 0.254. The lowest BCUT2D eigenvalue weighted by atomic mass is 9.94. The number of nitrogens with one attached hydrogen (secondary N) is 1. The van der Waals surface area contributed by atoms with Crippen LogP contribution in [0.4, 0.5) is 5.69 Å².